The molecule has 0 spiro atoms. The van der Waals surface area contributed by atoms with Crippen molar-refractivity contribution in [2.24, 2.45) is 0 Å². The van der Waals surface area contributed by atoms with Crippen LogP contribution in [0.3, 0.4) is 0 Å². The lowest BCUT2D eigenvalue weighted by molar-refractivity contribution is -0.136. The van der Waals surface area contributed by atoms with Crippen LogP contribution in [0.4, 0.5) is 0 Å². The molecule has 1 heterocycles. The summed E-state index contributed by atoms with van der Waals surface area (Å²) in [6.45, 7) is 4.56. The van der Waals surface area contributed by atoms with E-state index in [1.807, 2.05) is 50.0 Å². The molecule has 0 saturated heterocycles. The first-order chi connectivity index (χ1) is 13.0. The second-order valence-corrected chi connectivity index (χ2v) is 8.44. The molecule has 0 unspecified atom stereocenters. The fourth-order valence-corrected chi connectivity index (χ4v) is 4.77. The molecule has 1 N–H and O–H groups in total. The van der Waals surface area contributed by atoms with Crippen molar-refractivity contribution < 1.29 is 14.6 Å². The summed E-state index contributed by atoms with van der Waals surface area (Å²) in [5, 5.41) is 10.7. The van der Waals surface area contributed by atoms with E-state index in [9.17, 15) is 4.79 Å². The molecule has 1 fully saturated rings. The zero-order valence-corrected chi connectivity index (χ0v) is 16.8. The van der Waals surface area contributed by atoms with Crippen molar-refractivity contribution in [3.8, 4) is 5.75 Å². The van der Waals surface area contributed by atoms with Gasteiger partial charge >= 0.3 is 5.97 Å². The molecule has 1 aliphatic rings. The molecule has 1 aromatic heterocycles. The van der Waals surface area contributed by atoms with E-state index in [4.69, 9.17) is 9.84 Å². The molecule has 144 valence electrons. The van der Waals surface area contributed by atoms with Crippen molar-refractivity contribution in [3.63, 3.8) is 0 Å². The number of aliphatic carboxylic acids is 1. The first kappa shape index (κ1) is 19.7. The minimum atomic E-state index is -0.767. The molecule has 5 heteroatoms. The van der Waals surface area contributed by atoms with Gasteiger partial charge in [0.2, 0.25) is 0 Å². The Morgan fingerprint density at radius 1 is 1.19 bits per heavy atom. The van der Waals surface area contributed by atoms with Gasteiger partial charge in [-0.15, -0.1) is 11.8 Å². The molecule has 2 aromatic rings. The van der Waals surface area contributed by atoms with Crippen LogP contribution in [0.5, 0.6) is 5.75 Å². The van der Waals surface area contributed by atoms with Gasteiger partial charge in [0, 0.05) is 23.4 Å². The fourth-order valence-electron chi connectivity index (χ4n) is 3.48. The van der Waals surface area contributed by atoms with Gasteiger partial charge in [-0.2, -0.15) is 0 Å². The summed E-state index contributed by atoms with van der Waals surface area (Å²) in [6.07, 6.45) is 7.75. The third-order valence-corrected chi connectivity index (χ3v) is 6.67. The van der Waals surface area contributed by atoms with Crippen molar-refractivity contribution in [1.29, 1.82) is 0 Å². The highest BCUT2D eigenvalue weighted by Gasteiger charge is 2.18. The molecule has 0 aliphatic heterocycles. The number of nitrogens with zero attached hydrogens (tertiary/aromatic N) is 1. The van der Waals surface area contributed by atoms with Gasteiger partial charge in [-0.25, -0.2) is 4.98 Å². The predicted molar refractivity (Wildman–Crippen MR) is 109 cm³/mol. The average Bonchev–Trinajstić information content (AvgIpc) is 3.16. The fraction of sp³-hybridized carbons (Fsp3) is 0.455. The predicted octanol–water partition coefficient (Wildman–Crippen LogP) is 5.33. The third kappa shape index (κ3) is 5.25. The van der Waals surface area contributed by atoms with E-state index in [0.29, 0.717) is 18.3 Å². The molecular formula is C22H27NO3S. The van der Waals surface area contributed by atoms with Crippen LogP contribution >= 0.6 is 11.8 Å². The van der Waals surface area contributed by atoms with E-state index in [0.717, 1.165) is 33.0 Å². The number of ether oxygens (including phenoxy) is 1. The molecule has 3 rings (SSSR count). The van der Waals surface area contributed by atoms with Crippen LogP contribution in [0.1, 0.15) is 54.4 Å². The highest BCUT2D eigenvalue weighted by atomic mass is 32.2. The molecule has 4 nitrogen and oxygen atoms in total. The molecule has 27 heavy (non-hydrogen) atoms. The smallest absolute Gasteiger partial charge is 0.303 e. The summed E-state index contributed by atoms with van der Waals surface area (Å²) in [6, 6.07) is 8.00. The maximum absolute atomic E-state index is 10.8. The summed E-state index contributed by atoms with van der Waals surface area (Å²) < 4.78 is 6.12. The lowest BCUT2D eigenvalue weighted by atomic mass is 9.99. The number of carboxylic acids is 1. The van der Waals surface area contributed by atoms with Crippen LogP contribution in [-0.2, 0) is 17.8 Å². The summed E-state index contributed by atoms with van der Waals surface area (Å²) in [5.74, 6) is 0.0866. The molecule has 0 atom stereocenters. The van der Waals surface area contributed by atoms with Gasteiger partial charge < -0.3 is 9.84 Å². The van der Waals surface area contributed by atoms with Gasteiger partial charge in [0.1, 0.15) is 17.4 Å². The van der Waals surface area contributed by atoms with Gasteiger partial charge in [-0.3, -0.25) is 4.79 Å². The first-order valence-corrected chi connectivity index (χ1v) is 10.5. The van der Waals surface area contributed by atoms with Crippen LogP contribution in [0, 0.1) is 13.8 Å². The Bertz CT molecular complexity index is 800. The topological polar surface area (TPSA) is 59.4 Å². The molecule has 0 bridgehead atoms. The summed E-state index contributed by atoms with van der Waals surface area (Å²) in [5.41, 5.74) is 4.38. The standard InChI is InChI=1S/C22H27NO3S/c1-15-16(2)20(11-9-17(15)10-12-21(24)25)26-14-18-6-5-13-23-22(18)27-19-7-3-4-8-19/h5-6,9,11,13,19H,3-4,7-8,10,12,14H2,1-2H3,(H,24,25). The molecule has 0 radical (unpaired) electrons. The molecule has 1 aromatic carbocycles. The molecule has 0 amide bonds. The average molecular weight is 386 g/mol. The van der Waals surface area contributed by atoms with Crippen LogP contribution < -0.4 is 4.74 Å². The Hall–Kier alpha value is -2.01. The minimum Gasteiger partial charge on any atom is -0.489 e. The number of benzene rings is 1. The maximum atomic E-state index is 10.8. The van der Waals surface area contributed by atoms with E-state index in [2.05, 4.69) is 11.1 Å². The Labute approximate surface area is 165 Å². The lowest BCUT2D eigenvalue weighted by Gasteiger charge is -2.16. The number of carboxylic acid groups (broad SMARTS) is 1. The minimum absolute atomic E-state index is 0.151. The lowest BCUT2D eigenvalue weighted by Crippen LogP contribution is -2.04. The van der Waals surface area contributed by atoms with Gasteiger partial charge in [0.05, 0.1) is 0 Å². The molecule has 1 aliphatic carbocycles. The second-order valence-electron chi connectivity index (χ2n) is 7.15. The number of aromatic nitrogens is 1. The summed E-state index contributed by atoms with van der Waals surface area (Å²) in [4.78, 5) is 15.4. The van der Waals surface area contributed by atoms with Crippen molar-refractivity contribution >= 4 is 17.7 Å². The van der Waals surface area contributed by atoms with Crippen LogP contribution in [0.15, 0.2) is 35.5 Å². The largest absolute Gasteiger partial charge is 0.489 e. The van der Waals surface area contributed by atoms with Crippen molar-refractivity contribution in [2.75, 3.05) is 0 Å². The third-order valence-electron chi connectivity index (χ3n) is 5.27. The van der Waals surface area contributed by atoms with Crippen molar-refractivity contribution in [2.45, 2.75) is 69.3 Å². The first-order valence-electron chi connectivity index (χ1n) is 9.59. The number of hydrogen-bond donors (Lipinski definition) is 1. The van der Waals surface area contributed by atoms with E-state index < -0.39 is 5.97 Å². The molecular weight excluding hydrogens is 358 g/mol. The van der Waals surface area contributed by atoms with Crippen LogP contribution in [-0.4, -0.2) is 21.3 Å². The number of pyridine rings is 1. The monoisotopic (exact) mass is 385 g/mol. The van der Waals surface area contributed by atoms with E-state index in [1.165, 1.54) is 25.7 Å². The number of hydrogen-bond acceptors (Lipinski definition) is 4. The zero-order chi connectivity index (χ0) is 19.2. The second kappa shape index (κ2) is 9.27. The number of thioether (sulfide) groups is 1. The van der Waals surface area contributed by atoms with Crippen LogP contribution in [0.2, 0.25) is 0 Å². The SMILES string of the molecule is Cc1c(CCC(=O)O)ccc(OCc2cccnc2SC2CCCC2)c1C. The Morgan fingerprint density at radius 2 is 1.96 bits per heavy atom. The Balaban J connectivity index is 1.68. The van der Waals surface area contributed by atoms with E-state index in [1.54, 1.807) is 0 Å². The Kier molecular flexibility index (Phi) is 6.78. The maximum Gasteiger partial charge on any atom is 0.303 e. The van der Waals surface area contributed by atoms with Crippen LogP contribution in [0.25, 0.3) is 0 Å². The number of aryl methyl sites for hydroxylation is 1. The number of carbonyl (C=O) groups is 1. The zero-order valence-electron chi connectivity index (χ0n) is 16.0. The van der Waals surface area contributed by atoms with Gasteiger partial charge in [0.15, 0.2) is 0 Å². The highest BCUT2D eigenvalue weighted by molar-refractivity contribution is 7.99. The molecule has 1 saturated carbocycles. The summed E-state index contributed by atoms with van der Waals surface area (Å²) >= 11 is 1.89. The quantitative estimate of drug-likeness (QED) is 0.665. The van der Waals surface area contributed by atoms with Gasteiger partial charge in [-0.1, -0.05) is 25.0 Å². The Morgan fingerprint density at radius 3 is 2.70 bits per heavy atom. The van der Waals surface area contributed by atoms with Gasteiger partial charge in [0.25, 0.3) is 0 Å². The summed E-state index contributed by atoms with van der Waals surface area (Å²) in [7, 11) is 0. The highest BCUT2D eigenvalue weighted by Crippen LogP contribution is 2.35. The van der Waals surface area contributed by atoms with Gasteiger partial charge in [-0.05, 0) is 61.9 Å². The van der Waals surface area contributed by atoms with E-state index in [-0.39, 0.29) is 6.42 Å². The van der Waals surface area contributed by atoms with Crippen molar-refractivity contribution in [1.82, 2.24) is 4.98 Å². The van der Waals surface area contributed by atoms with E-state index >= 15 is 0 Å². The normalized spacial score (nSPS) is 14.4. The number of rotatable bonds is 8. The van der Waals surface area contributed by atoms with Crippen molar-refractivity contribution in [3.05, 3.63) is 52.7 Å².